The lowest BCUT2D eigenvalue weighted by Crippen LogP contribution is -2.52. The van der Waals surface area contributed by atoms with E-state index in [1.165, 1.54) is 21.3 Å². The van der Waals surface area contributed by atoms with Crippen LogP contribution in [0.5, 0.6) is 0 Å². The van der Waals surface area contributed by atoms with E-state index in [2.05, 4.69) is 0 Å². The van der Waals surface area contributed by atoms with E-state index in [-0.39, 0.29) is 13.2 Å². The lowest BCUT2D eigenvalue weighted by Gasteiger charge is -2.38. The van der Waals surface area contributed by atoms with Crippen LogP contribution in [0.2, 0.25) is 0 Å². The summed E-state index contributed by atoms with van der Waals surface area (Å²) in [5, 5.41) is 9.42. The van der Waals surface area contributed by atoms with Gasteiger partial charge >= 0.3 is 7.60 Å². The van der Waals surface area contributed by atoms with Crippen LogP contribution >= 0.6 is 7.60 Å². The van der Waals surface area contributed by atoms with E-state index < -0.39 is 43.3 Å². The summed E-state index contributed by atoms with van der Waals surface area (Å²) in [6.07, 6.45) is -3.35. The number of rotatable bonds is 9. The zero-order chi connectivity index (χ0) is 21.3. The highest BCUT2D eigenvalue weighted by Gasteiger charge is 2.67. The van der Waals surface area contributed by atoms with Gasteiger partial charge in [0.05, 0.1) is 13.2 Å². The topological polar surface area (TPSA) is 102 Å². The summed E-state index contributed by atoms with van der Waals surface area (Å²) >= 11 is 0. The Kier molecular flexibility index (Phi) is 6.85. The Bertz CT molecular complexity index is 720. The van der Waals surface area contributed by atoms with Crippen molar-refractivity contribution in [3.8, 4) is 0 Å². The number of hydrogen-bond acceptors (Lipinski definition) is 9. The Morgan fingerprint density at radius 3 is 2.31 bits per heavy atom. The van der Waals surface area contributed by atoms with E-state index in [1.807, 2.05) is 30.3 Å². The summed E-state index contributed by atoms with van der Waals surface area (Å²) in [5.74, 6) is -0.927. The minimum Gasteiger partial charge on any atom is -0.374 e. The highest BCUT2D eigenvalue weighted by atomic mass is 31.2. The van der Waals surface area contributed by atoms with Crippen molar-refractivity contribution in [2.24, 2.45) is 0 Å². The molecule has 3 rings (SSSR count). The molecule has 0 radical (unpaired) electrons. The molecule has 0 saturated carbocycles. The Labute approximate surface area is 170 Å². The SMILES string of the molecule is CO[C@H]1O[C@H]([C@@](O)(COCc2ccccc2)P(=O)(OC)OC)[C@@H]2OC(C)(C)O[C@H]12. The zero-order valence-corrected chi connectivity index (χ0v) is 18.2. The fourth-order valence-electron chi connectivity index (χ4n) is 3.72. The maximum Gasteiger partial charge on any atom is 0.366 e. The van der Waals surface area contributed by atoms with E-state index >= 15 is 0 Å². The summed E-state index contributed by atoms with van der Waals surface area (Å²) < 4.78 is 52.3. The number of hydrogen-bond donors (Lipinski definition) is 1. The van der Waals surface area contributed by atoms with Crippen LogP contribution in [0.4, 0.5) is 0 Å². The molecule has 0 spiro atoms. The molecule has 5 atom stereocenters. The molecule has 1 aromatic carbocycles. The molecule has 2 fully saturated rings. The highest BCUT2D eigenvalue weighted by molar-refractivity contribution is 7.55. The monoisotopic (exact) mass is 432 g/mol. The Morgan fingerprint density at radius 1 is 1.10 bits per heavy atom. The second kappa shape index (κ2) is 8.70. The minimum absolute atomic E-state index is 0.188. The van der Waals surface area contributed by atoms with Crippen LogP contribution in [0.1, 0.15) is 19.4 Å². The van der Waals surface area contributed by atoms with Crippen LogP contribution in [0.15, 0.2) is 30.3 Å². The molecule has 2 heterocycles. The third-order valence-electron chi connectivity index (χ3n) is 5.08. The first kappa shape index (κ1) is 22.8. The van der Waals surface area contributed by atoms with Crippen molar-refractivity contribution in [1.82, 2.24) is 0 Å². The second-order valence-electron chi connectivity index (χ2n) is 7.45. The van der Waals surface area contributed by atoms with Crippen LogP contribution in [0.25, 0.3) is 0 Å². The van der Waals surface area contributed by atoms with Gasteiger partial charge < -0.3 is 37.8 Å². The number of fused-ring (bicyclic) bond motifs is 1. The van der Waals surface area contributed by atoms with E-state index in [4.69, 9.17) is 32.7 Å². The van der Waals surface area contributed by atoms with Crippen molar-refractivity contribution >= 4 is 7.60 Å². The van der Waals surface area contributed by atoms with Gasteiger partial charge in [-0.25, -0.2) is 0 Å². The molecular formula is C19H29O9P. The average molecular weight is 432 g/mol. The first-order chi connectivity index (χ1) is 13.7. The van der Waals surface area contributed by atoms with E-state index in [1.54, 1.807) is 13.8 Å². The highest BCUT2D eigenvalue weighted by Crippen LogP contribution is 2.62. The van der Waals surface area contributed by atoms with Gasteiger partial charge in [0.1, 0.15) is 18.3 Å². The van der Waals surface area contributed by atoms with Gasteiger partial charge in [0.2, 0.25) is 5.34 Å². The number of benzene rings is 1. The van der Waals surface area contributed by atoms with Gasteiger partial charge in [0.25, 0.3) is 0 Å². The molecule has 9 nitrogen and oxygen atoms in total. The Hall–Kier alpha value is -0.870. The smallest absolute Gasteiger partial charge is 0.366 e. The molecular weight excluding hydrogens is 403 g/mol. The van der Waals surface area contributed by atoms with Crippen LogP contribution in [0, 0.1) is 0 Å². The van der Waals surface area contributed by atoms with Crippen LogP contribution in [-0.4, -0.2) is 68.8 Å². The fourth-order valence-corrected chi connectivity index (χ4v) is 5.27. The van der Waals surface area contributed by atoms with Gasteiger partial charge in [-0.15, -0.1) is 0 Å². The third-order valence-corrected chi connectivity index (χ3v) is 7.37. The molecule has 0 unspecified atom stereocenters. The predicted octanol–water partition coefficient (Wildman–Crippen LogP) is 2.27. The molecule has 0 amide bonds. The standard InChI is InChI=1S/C19H29O9P/c1-18(2)27-14-15(28-18)17(22-3)26-16(14)19(20,29(21,23-4)24-5)12-25-11-13-9-7-6-8-10-13/h6-10,14-17,20H,11-12H2,1-5H3/t14-,15+,16+,17+,19-/m1/s1. The third kappa shape index (κ3) is 4.30. The number of aliphatic hydroxyl groups is 1. The van der Waals surface area contributed by atoms with Crippen molar-refractivity contribution < 1.29 is 42.4 Å². The molecule has 2 aliphatic rings. The maximum absolute atomic E-state index is 13.4. The fraction of sp³-hybridized carbons (Fsp3) is 0.684. The van der Waals surface area contributed by atoms with Gasteiger partial charge in [-0.2, -0.15) is 0 Å². The van der Waals surface area contributed by atoms with E-state index in [0.29, 0.717) is 0 Å². The predicted molar refractivity (Wildman–Crippen MR) is 102 cm³/mol. The minimum atomic E-state index is -4.09. The summed E-state index contributed by atoms with van der Waals surface area (Å²) in [5.41, 5.74) is 0.890. The van der Waals surface area contributed by atoms with Crippen molar-refractivity contribution in [3.05, 3.63) is 35.9 Å². The second-order valence-corrected chi connectivity index (χ2v) is 9.94. The lowest BCUT2D eigenvalue weighted by atomic mass is 10.1. The Balaban J connectivity index is 1.87. The molecule has 164 valence electrons. The maximum atomic E-state index is 13.4. The average Bonchev–Trinajstić information content (AvgIpc) is 3.20. The van der Waals surface area contributed by atoms with Crippen molar-refractivity contribution in [2.45, 2.75) is 56.2 Å². The molecule has 1 aromatic rings. The van der Waals surface area contributed by atoms with Gasteiger partial charge in [-0.05, 0) is 19.4 Å². The molecule has 29 heavy (non-hydrogen) atoms. The van der Waals surface area contributed by atoms with E-state index in [9.17, 15) is 9.67 Å². The Morgan fingerprint density at radius 2 is 1.72 bits per heavy atom. The normalized spacial score (nSPS) is 30.8. The largest absolute Gasteiger partial charge is 0.374 e. The number of ether oxygens (including phenoxy) is 5. The molecule has 10 heteroatoms. The lowest BCUT2D eigenvalue weighted by molar-refractivity contribution is -0.246. The molecule has 2 aliphatic heterocycles. The molecule has 0 aliphatic carbocycles. The van der Waals surface area contributed by atoms with Crippen LogP contribution in [0.3, 0.4) is 0 Å². The molecule has 0 bridgehead atoms. The van der Waals surface area contributed by atoms with Crippen molar-refractivity contribution in [1.29, 1.82) is 0 Å². The summed E-state index contributed by atoms with van der Waals surface area (Å²) in [6.45, 7) is 3.29. The first-order valence-electron chi connectivity index (χ1n) is 9.29. The molecule has 2 saturated heterocycles. The van der Waals surface area contributed by atoms with Gasteiger partial charge in [-0.3, -0.25) is 4.57 Å². The van der Waals surface area contributed by atoms with Crippen molar-refractivity contribution in [2.75, 3.05) is 27.9 Å². The van der Waals surface area contributed by atoms with Gasteiger partial charge in [0.15, 0.2) is 12.1 Å². The van der Waals surface area contributed by atoms with Crippen LogP contribution in [-0.2, 0) is 43.9 Å². The molecule has 0 aromatic heterocycles. The summed E-state index contributed by atoms with van der Waals surface area (Å²) in [6, 6.07) is 9.40. The first-order valence-corrected chi connectivity index (χ1v) is 10.8. The van der Waals surface area contributed by atoms with Gasteiger partial charge in [-0.1, -0.05) is 30.3 Å². The molecule has 1 N–H and O–H groups in total. The zero-order valence-electron chi connectivity index (χ0n) is 17.3. The summed E-state index contributed by atoms with van der Waals surface area (Å²) in [7, 11) is -0.239. The number of methoxy groups -OCH3 is 1. The van der Waals surface area contributed by atoms with Crippen molar-refractivity contribution in [3.63, 3.8) is 0 Å². The van der Waals surface area contributed by atoms with E-state index in [0.717, 1.165) is 5.56 Å². The van der Waals surface area contributed by atoms with Crippen LogP contribution < -0.4 is 0 Å². The summed E-state index contributed by atoms with van der Waals surface area (Å²) in [4.78, 5) is 0. The quantitative estimate of drug-likeness (QED) is 0.589. The van der Waals surface area contributed by atoms with Gasteiger partial charge in [0, 0.05) is 21.3 Å².